The van der Waals surface area contributed by atoms with E-state index >= 15 is 0 Å². The van der Waals surface area contributed by atoms with Crippen LogP contribution in [0.25, 0.3) is 0 Å². The number of halogens is 1. The van der Waals surface area contributed by atoms with Crippen LogP contribution in [0.2, 0.25) is 5.15 Å². The van der Waals surface area contributed by atoms with E-state index < -0.39 is 24.0 Å². The summed E-state index contributed by atoms with van der Waals surface area (Å²) in [5, 5.41) is 8.64. The van der Waals surface area contributed by atoms with Crippen molar-refractivity contribution in [2.24, 2.45) is 0 Å². The van der Waals surface area contributed by atoms with Crippen molar-refractivity contribution < 1.29 is 19.1 Å². The van der Waals surface area contributed by atoms with E-state index in [1.807, 2.05) is 12.2 Å². The Kier molecular flexibility index (Phi) is 7.02. The fourth-order valence-electron chi connectivity index (χ4n) is 1.79. The van der Waals surface area contributed by atoms with Crippen molar-refractivity contribution in [2.75, 3.05) is 7.05 Å². The molecule has 0 radical (unpaired) electrons. The van der Waals surface area contributed by atoms with E-state index in [-0.39, 0.29) is 10.7 Å². The highest BCUT2D eigenvalue weighted by atomic mass is 35.5. The van der Waals surface area contributed by atoms with Crippen LogP contribution >= 0.6 is 11.6 Å². The smallest absolute Gasteiger partial charge is 0.343 e. The van der Waals surface area contributed by atoms with Gasteiger partial charge in [0.05, 0.1) is 5.69 Å². The number of esters is 1. The van der Waals surface area contributed by atoms with E-state index in [2.05, 4.69) is 10.4 Å². The Bertz CT molecular complexity index is 600. The van der Waals surface area contributed by atoms with Crippen LogP contribution in [0.1, 0.15) is 42.7 Å². The van der Waals surface area contributed by atoms with Crippen molar-refractivity contribution in [2.45, 2.75) is 46.3 Å². The fraction of sp³-hybridized carbons (Fsp3) is 0.571. The average molecular weight is 345 g/mol. The molecule has 0 saturated carbocycles. The van der Waals surface area contributed by atoms with Crippen molar-refractivity contribution >= 4 is 29.5 Å². The number of aromatic nitrogens is 2. The Morgan fingerprint density at radius 1 is 1.39 bits per heavy atom. The molecule has 1 atom stereocenters. The summed E-state index contributed by atoms with van der Waals surface area (Å²) in [5.74, 6) is -1.49. The molecule has 0 aliphatic carbocycles. The van der Waals surface area contributed by atoms with Crippen LogP contribution < -0.4 is 10.6 Å². The van der Waals surface area contributed by atoms with Crippen LogP contribution in [0.15, 0.2) is 0 Å². The molecule has 1 aromatic heterocycles. The number of urea groups is 1. The van der Waals surface area contributed by atoms with Crippen molar-refractivity contribution in [1.82, 2.24) is 20.4 Å². The molecule has 0 unspecified atom stereocenters. The number of imide groups is 1. The van der Waals surface area contributed by atoms with Crippen LogP contribution in [0.5, 0.6) is 0 Å². The van der Waals surface area contributed by atoms with Gasteiger partial charge in [-0.1, -0.05) is 24.9 Å². The molecule has 0 spiro atoms. The molecule has 2 N–H and O–H groups in total. The molecule has 8 nitrogen and oxygen atoms in total. The number of hydrogen-bond donors (Lipinski definition) is 2. The number of hydrogen-bond acceptors (Lipinski definition) is 5. The van der Waals surface area contributed by atoms with Gasteiger partial charge in [0.2, 0.25) is 0 Å². The predicted molar refractivity (Wildman–Crippen MR) is 84.4 cm³/mol. The van der Waals surface area contributed by atoms with Crippen LogP contribution in [0, 0.1) is 6.92 Å². The Balaban J connectivity index is 2.80. The zero-order valence-electron chi connectivity index (χ0n) is 13.6. The second-order valence-corrected chi connectivity index (χ2v) is 5.30. The second kappa shape index (κ2) is 8.52. The number of unbranched alkanes of at least 4 members (excludes halogenated alkanes) is 1. The third kappa shape index (κ3) is 4.95. The van der Waals surface area contributed by atoms with Crippen LogP contribution in [-0.4, -0.2) is 40.8 Å². The van der Waals surface area contributed by atoms with Crippen LogP contribution in [0.4, 0.5) is 4.79 Å². The standard InChI is InChI=1S/C14H21ClN4O4/c1-5-6-7-19-11(15)10(8(2)18-19)13(21)23-9(3)12(20)17-14(22)16-4/h9H,5-7H2,1-4H3,(H2,16,17,20,22)/t9-/m1/s1. The second-order valence-electron chi connectivity index (χ2n) is 4.94. The summed E-state index contributed by atoms with van der Waals surface area (Å²) in [6, 6.07) is -0.681. The molecule has 3 amide bonds. The molecule has 0 saturated heterocycles. The van der Waals surface area contributed by atoms with Gasteiger partial charge in [0, 0.05) is 13.6 Å². The third-order valence-corrected chi connectivity index (χ3v) is 3.49. The van der Waals surface area contributed by atoms with Gasteiger partial charge >= 0.3 is 12.0 Å². The molecule has 23 heavy (non-hydrogen) atoms. The van der Waals surface area contributed by atoms with E-state index in [0.717, 1.165) is 12.8 Å². The normalized spacial score (nSPS) is 11.7. The van der Waals surface area contributed by atoms with Crippen LogP contribution in [-0.2, 0) is 16.1 Å². The van der Waals surface area contributed by atoms with Crippen molar-refractivity contribution in [1.29, 1.82) is 0 Å². The van der Waals surface area contributed by atoms with Gasteiger partial charge in [0.25, 0.3) is 5.91 Å². The number of rotatable bonds is 6. The van der Waals surface area contributed by atoms with Gasteiger partial charge in [-0.15, -0.1) is 0 Å². The number of amides is 3. The molecule has 0 fully saturated rings. The van der Waals surface area contributed by atoms with E-state index in [9.17, 15) is 14.4 Å². The Morgan fingerprint density at radius 2 is 2.04 bits per heavy atom. The van der Waals surface area contributed by atoms with Gasteiger partial charge in [-0.3, -0.25) is 14.8 Å². The maximum Gasteiger partial charge on any atom is 0.343 e. The highest BCUT2D eigenvalue weighted by Crippen LogP contribution is 2.21. The van der Waals surface area contributed by atoms with Gasteiger partial charge in [-0.2, -0.15) is 5.10 Å². The SMILES string of the molecule is CCCCn1nc(C)c(C(=O)O[C@H](C)C(=O)NC(=O)NC)c1Cl. The Hall–Kier alpha value is -2.09. The maximum absolute atomic E-state index is 12.2. The molecular weight excluding hydrogens is 324 g/mol. The highest BCUT2D eigenvalue weighted by molar-refractivity contribution is 6.32. The summed E-state index contributed by atoms with van der Waals surface area (Å²) in [5.41, 5.74) is 0.553. The Labute approximate surface area is 139 Å². The van der Waals surface area contributed by atoms with Crippen molar-refractivity contribution in [3.05, 3.63) is 16.4 Å². The summed E-state index contributed by atoms with van der Waals surface area (Å²) in [7, 11) is 1.37. The molecular formula is C14H21ClN4O4. The first kappa shape index (κ1) is 19.0. The van der Waals surface area contributed by atoms with Crippen LogP contribution in [0.3, 0.4) is 0 Å². The predicted octanol–water partition coefficient (Wildman–Crippen LogP) is 1.65. The average Bonchev–Trinajstić information content (AvgIpc) is 2.78. The third-order valence-electron chi connectivity index (χ3n) is 3.11. The largest absolute Gasteiger partial charge is 0.449 e. The van der Waals surface area contributed by atoms with E-state index in [4.69, 9.17) is 16.3 Å². The van der Waals surface area contributed by atoms with Gasteiger partial charge < -0.3 is 10.1 Å². The first-order valence-corrected chi connectivity index (χ1v) is 7.66. The molecule has 1 aromatic rings. The van der Waals surface area contributed by atoms with Gasteiger partial charge in [-0.05, 0) is 20.3 Å². The van der Waals surface area contributed by atoms with E-state index in [1.165, 1.54) is 18.7 Å². The number of nitrogens with one attached hydrogen (secondary N) is 2. The number of carbonyl (C=O) groups is 3. The number of aryl methyl sites for hydroxylation is 2. The number of carbonyl (C=O) groups excluding carboxylic acids is 3. The molecule has 0 aromatic carbocycles. The summed E-state index contributed by atoms with van der Waals surface area (Å²) in [6.45, 7) is 5.63. The quantitative estimate of drug-likeness (QED) is 0.764. The lowest BCUT2D eigenvalue weighted by Gasteiger charge is -2.12. The number of ether oxygens (including phenoxy) is 1. The zero-order chi connectivity index (χ0) is 17.6. The topological polar surface area (TPSA) is 102 Å². The Morgan fingerprint density at radius 3 is 2.61 bits per heavy atom. The summed E-state index contributed by atoms with van der Waals surface area (Å²) in [4.78, 5) is 35.0. The first-order valence-electron chi connectivity index (χ1n) is 7.28. The van der Waals surface area contributed by atoms with Gasteiger partial charge in [0.15, 0.2) is 6.10 Å². The molecule has 0 aliphatic rings. The monoisotopic (exact) mass is 344 g/mol. The molecule has 0 bridgehead atoms. The van der Waals surface area contributed by atoms with E-state index in [1.54, 1.807) is 6.92 Å². The number of nitrogens with zero attached hydrogens (tertiary/aromatic N) is 2. The molecule has 128 valence electrons. The lowest BCUT2D eigenvalue weighted by Crippen LogP contribution is -2.43. The summed E-state index contributed by atoms with van der Waals surface area (Å²) < 4.78 is 6.59. The molecule has 1 heterocycles. The molecule has 1 rings (SSSR count). The lowest BCUT2D eigenvalue weighted by molar-refractivity contribution is -0.127. The lowest BCUT2D eigenvalue weighted by atomic mass is 10.2. The van der Waals surface area contributed by atoms with Gasteiger partial charge in [-0.25, -0.2) is 9.59 Å². The van der Waals surface area contributed by atoms with E-state index in [0.29, 0.717) is 12.2 Å². The minimum Gasteiger partial charge on any atom is -0.449 e. The molecule has 9 heteroatoms. The summed E-state index contributed by atoms with van der Waals surface area (Å²) in [6.07, 6.45) is 0.695. The maximum atomic E-state index is 12.2. The van der Waals surface area contributed by atoms with Crippen molar-refractivity contribution in [3.8, 4) is 0 Å². The van der Waals surface area contributed by atoms with Crippen molar-refractivity contribution in [3.63, 3.8) is 0 Å². The van der Waals surface area contributed by atoms with Gasteiger partial charge in [0.1, 0.15) is 10.7 Å². The zero-order valence-corrected chi connectivity index (χ0v) is 14.4. The first-order chi connectivity index (χ1) is 10.8. The minimum absolute atomic E-state index is 0.127. The minimum atomic E-state index is -1.14. The summed E-state index contributed by atoms with van der Waals surface area (Å²) >= 11 is 6.16. The fourth-order valence-corrected chi connectivity index (χ4v) is 2.13. The highest BCUT2D eigenvalue weighted by Gasteiger charge is 2.26. The molecule has 0 aliphatic heterocycles.